The van der Waals surface area contributed by atoms with E-state index in [0.717, 1.165) is 42.2 Å². The molecule has 0 amide bonds. The van der Waals surface area contributed by atoms with Crippen LogP contribution < -0.4 is 10.2 Å². The number of ether oxygens (including phenoxy) is 1. The highest BCUT2D eigenvalue weighted by atomic mass is 35.5. The van der Waals surface area contributed by atoms with Crippen LogP contribution in [0, 0.1) is 12.8 Å². The Balaban J connectivity index is 1.62. The topological polar surface area (TPSA) is 58.6 Å². The summed E-state index contributed by atoms with van der Waals surface area (Å²) < 4.78 is 19.2. The summed E-state index contributed by atoms with van der Waals surface area (Å²) >= 11 is 6.26. The summed E-state index contributed by atoms with van der Waals surface area (Å²) in [5, 5.41) is 3.94. The SMILES string of the molecule is C=C=C(C(=O)OCC)C1=C(NCC(=O)C2CCN(c3cccc(Cl)c3C)CC2)CCC(F)C1. The summed E-state index contributed by atoms with van der Waals surface area (Å²) in [5.74, 6) is -0.466. The van der Waals surface area contributed by atoms with Crippen molar-refractivity contribution in [3.8, 4) is 0 Å². The number of allylic oxidation sites excluding steroid dienone is 1. The maximum Gasteiger partial charge on any atom is 0.346 e. The van der Waals surface area contributed by atoms with Gasteiger partial charge in [-0.05, 0) is 62.8 Å². The van der Waals surface area contributed by atoms with Crippen LogP contribution in [0.3, 0.4) is 0 Å². The van der Waals surface area contributed by atoms with Gasteiger partial charge in [-0.3, -0.25) is 4.79 Å². The number of halogens is 2. The van der Waals surface area contributed by atoms with Gasteiger partial charge in [0, 0.05) is 41.8 Å². The lowest BCUT2D eigenvalue weighted by atomic mass is 9.89. The summed E-state index contributed by atoms with van der Waals surface area (Å²) in [7, 11) is 0. The maximum atomic E-state index is 14.1. The second kappa shape index (κ2) is 11.5. The van der Waals surface area contributed by atoms with Crippen LogP contribution in [0.1, 0.15) is 44.6 Å². The number of nitrogens with one attached hydrogen (secondary N) is 1. The van der Waals surface area contributed by atoms with Crippen LogP contribution in [0.15, 0.2) is 47.4 Å². The first-order valence-electron chi connectivity index (χ1n) is 11.6. The summed E-state index contributed by atoms with van der Waals surface area (Å²) in [6, 6.07) is 5.90. The Kier molecular flexibility index (Phi) is 8.76. The fraction of sp³-hybridized carbons (Fsp3) is 0.500. The number of Topliss-reactive ketones (excluding diaryl/α,β-unsaturated/α-hetero) is 1. The third kappa shape index (κ3) is 6.07. The first kappa shape index (κ1) is 25.1. The molecule has 1 atom stereocenters. The lowest BCUT2D eigenvalue weighted by Crippen LogP contribution is -2.39. The number of hydrogen-bond acceptors (Lipinski definition) is 5. The number of ketones is 1. The minimum atomic E-state index is -1.04. The molecule has 7 heteroatoms. The first-order valence-corrected chi connectivity index (χ1v) is 11.9. The van der Waals surface area contributed by atoms with Gasteiger partial charge in [-0.25, -0.2) is 9.18 Å². The van der Waals surface area contributed by atoms with E-state index in [1.807, 2.05) is 19.1 Å². The molecule has 1 N–H and O–H groups in total. The van der Waals surface area contributed by atoms with E-state index in [0.29, 0.717) is 24.1 Å². The number of nitrogens with zero attached hydrogens (tertiary/aromatic N) is 1. The summed E-state index contributed by atoms with van der Waals surface area (Å²) in [4.78, 5) is 27.5. The molecule has 0 aromatic heterocycles. The van der Waals surface area contributed by atoms with Gasteiger partial charge in [0.25, 0.3) is 0 Å². The standard InChI is InChI=1S/C26H32ClFN2O3/c1-4-20(26(32)33-5-2)21-15-19(28)9-10-23(21)29-16-25(31)18-11-13-30(14-12-18)24-8-6-7-22(27)17(24)3/h6-8,18-19,29H,1,5,9-16H2,2-3H3. The number of carbonyl (C=O) groups is 2. The number of benzene rings is 1. The van der Waals surface area contributed by atoms with Crippen molar-refractivity contribution in [3.05, 3.63) is 57.9 Å². The minimum Gasteiger partial charge on any atom is -0.462 e. The van der Waals surface area contributed by atoms with Crippen molar-refractivity contribution < 1.29 is 18.7 Å². The van der Waals surface area contributed by atoms with E-state index in [2.05, 4.69) is 28.6 Å². The summed E-state index contributed by atoms with van der Waals surface area (Å²) in [6.45, 7) is 9.26. The van der Waals surface area contributed by atoms with Crippen molar-refractivity contribution in [2.24, 2.45) is 5.92 Å². The van der Waals surface area contributed by atoms with E-state index in [-0.39, 0.29) is 36.8 Å². The number of alkyl halides is 1. The molecule has 33 heavy (non-hydrogen) atoms. The van der Waals surface area contributed by atoms with Gasteiger partial charge in [-0.15, -0.1) is 5.73 Å². The van der Waals surface area contributed by atoms with Crippen LogP contribution in [-0.4, -0.2) is 44.2 Å². The second-order valence-corrected chi connectivity index (χ2v) is 8.94. The molecule has 1 aliphatic carbocycles. The van der Waals surface area contributed by atoms with Crippen molar-refractivity contribution in [3.63, 3.8) is 0 Å². The molecule has 2 aliphatic rings. The summed E-state index contributed by atoms with van der Waals surface area (Å²) in [5.41, 5.74) is 6.17. The number of esters is 1. The quantitative estimate of drug-likeness (QED) is 0.323. The largest absolute Gasteiger partial charge is 0.462 e. The Morgan fingerprint density at radius 1 is 1.30 bits per heavy atom. The van der Waals surface area contributed by atoms with Crippen molar-refractivity contribution in [1.82, 2.24) is 5.32 Å². The molecule has 1 aliphatic heterocycles. The van der Waals surface area contributed by atoms with Gasteiger partial charge in [0.1, 0.15) is 11.7 Å². The van der Waals surface area contributed by atoms with Crippen LogP contribution in [0.5, 0.6) is 0 Å². The van der Waals surface area contributed by atoms with E-state index >= 15 is 0 Å². The number of hydrogen-bond donors (Lipinski definition) is 1. The lowest BCUT2D eigenvalue weighted by Gasteiger charge is -2.34. The third-order valence-electron chi connectivity index (χ3n) is 6.46. The molecule has 1 fully saturated rings. The molecular formula is C26H32ClFN2O3. The molecule has 1 aromatic rings. The molecule has 178 valence electrons. The molecule has 0 saturated carbocycles. The first-order chi connectivity index (χ1) is 15.8. The predicted molar refractivity (Wildman–Crippen MR) is 129 cm³/mol. The molecule has 1 unspecified atom stereocenters. The number of anilines is 1. The molecule has 0 spiro atoms. The van der Waals surface area contributed by atoms with Crippen molar-refractivity contribution in [2.75, 3.05) is 31.1 Å². The maximum absolute atomic E-state index is 14.1. The fourth-order valence-electron chi connectivity index (χ4n) is 4.57. The Labute approximate surface area is 200 Å². The molecule has 0 radical (unpaired) electrons. The Morgan fingerprint density at radius 2 is 2.03 bits per heavy atom. The molecule has 1 heterocycles. The predicted octanol–water partition coefficient (Wildman–Crippen LogP) is 5.07. The van der Waals surface area contributed by atoms with Crippen LogP contribution in [0.2, 0.25) is 5.02 Å². The van der Waals surface area contributed by atoms with Crippen LogP contribution in [0.4, 0.5) is 10.1 Å². The van der Waals surface area contributed by atoms with Gasteiger partial charge in [0.05, 0.1) is 13.2 Å². The van der Waals surface area contributed by atoms with E-state index < -0.39 is 12.1 Å². The average molecular weight is 475 g/mol. The van der Waals surface area contributed by atoms with Gasteiger partial charge in [-0.1, -0.05) is 24.2 Å². The molecular weight excluding hydrogens is 443 g/mol. The van der Waals surface area contributed by atoms with Crippen LogP contribution in [-0.2, 0) is 14.3 Å². The molecule has 5 nitrogen and oxygen atoms in total. The number of carbonyl (C=O) groups excluding carboxylic acids is 2. The highest BCUT2D eigenvalue weighted by Gasteiger charge is 2.29. The Hall–Kier alpha value is -2.56. The monoisotopic (exact) mass is 474 g/mol. The molecule has 3 rings (SSSR count). The van der Waals surface area contributed by atoms with Gasteiger partial charge >= 0.3 is 5.97 Å². The zero-order valence-corrected chi connectivity index (χ0v) is 20.1. The van der Waals surface area contributed by atoms with Crippen LogP contribution in [0.25, 0.3) is 0 Å². The molecule has 0 bridgehead atoms. The normalized spacial score (nSPS) is 19.2. The number of piperidine rings is 1. The Bertz CT molecular complexity index is 976. The van der Waals surface area contributed by atoms with E-state index in [1.54, 1.807) is 6.92 Å². The van der Waals surface area contributed by atoms with E-state index in [9.17, 15) is 14.0 Å². The highest BCUT2D eigenvalue weighted by Crippen LogP contribution is 2.32. The highest BCUT2D eigenvalue weighted by molar-refractivity contribution is 6.31. The summed E-state index contributed by atoms with van der Waals surface area (Å²) in [6.07, 6.45) is 1.37. The van der Waals surface area contributed by atoms with Gasteiger partial charge in [0.15, 0.2) is 5.78 Å². The third-order valence-corrected chi connectivity index (χ3v) is 6.87. The second-order valence-electron chi connectivity index (χ2n) is 8.53. The molecule has 1 aromatic carbocycles. The van der Waals surface area contributed by atoms with Gasteiger partial charge in [0.2, 0.25) is 0 Å². The van der Waals surface area contributed by atoms with Crippen molar-refractivity contribution in [2.45, 2.75) is 52.1 Å². The smallest absolute Gasteiger partial charge is 0.346 e. The zero-order valence-electron chi connectivity index (χ0n) is 19.4. The average Bonchev–Trinajstić information content (AvgIpc) is 2.81. The minimum absolute atomic E-state index is 0.0331. The van der Waals surface area contributed by atoms with Gasteiger partial charge in [-0.2, -0.15) is 0 Å². The molecule has 1 saturated heterocycles. The van der Waals surface area contributed by atoms with E-state index in [1.165, 1.54) is 0 Å². The van der Waals surface area contributed by atoms with Crippen molar-refractivity contribution >= 4 is 29.0 Å². The van der Waals surface area contributed by atoms with Crippen molar-refractivity contribution in [1.29, 1.82) is 0 Å². The van der Waals surface area contributed by atoms with E-state index in [4.69, 9.17) is 16.3 Å². The van der Waals surface area contributed by atoms with Gasteiger partial charge < -0.3 is 15.0 Å². The lowest BCUT2D eigenvalue weighted by molar-refractivity contribution is -0.138. The Morgan fingerprint density at radius 3 is 2.70 bits per heavy atom. The fourth-order valence-corrected chi connectivity index (χ4v) is 4.74. The zero-order chi connectivity index (χ0) is 24.0. The number of rotatable bonds is 8. The van der Waals surface area contributed by atoms with Crippen LogP contribution >= 0.6 is 11.6 Å².